The van der Waals surface area contributed by atoms with E-state index in [0.29, 0.717) is 11.1 Å². The van der Waals surface area contributed by atoms with Crippen LogP contribution in [0.4, 0.5) is 0 Å². The molecule has 3 aromatic rings. The molecular weight excluding hydrogens is 477 g/mol. The van der Waals surface area contributed by atoms with Crippen LogP contribution < -0.4 is 56.6 Å². The predicted octanol–water partition coefficient (Wildman–Crippen LogP) is -7.10. The fourth-order valence-corrected chi connectivity index (χ4v) is 4.26. The third kappa shape index (κ3) is 8.50. The van der Waals surface area contributed by atoms with Crippen molar-refractivity contribution in [2.75, 3.05) is 0 Å². The van der Waals surface area contributed by atoms with Gasteiger partial charge in [0.1, 0.15) is 20.2 Å². The second kappa shape index (κ2) is 13.4. The molecule has 0 radical (unpaired) electrons. The van der Waals surface area contributed by atoms with Crippen LogP contribution in [0.5, 0.6) is 0 Å². The Morgan fingerprint density at radius 3 is 1.52 bits per heavy atom. The van der Waals surface area contributed by atoms with Gasteiger partial charge < -0.3 is 19.1 Å². The normalized spacial score (nSPS) is 11.6. The summed E-state index contributed by atoms with van der Waals surface area (Å²) in [6, 6.07) is 14.2. The Hall–Kier alpha value is -0.658. The van der Waals surface area contributed by atoms with Crippen LogP contribution in [0.15, 0.2) is 81.4 Å². The van der Waals surface area contributed by atoms with E-state index in [0.717, 1.165) is 18.2 Å². The summed E-state index contributed by atoms with van der Waals surface area (Å²) in [7, 11) is -9.57. The van der Waals surface area contributed by atoms with Crippen molar-refractivity contribution in [3.8, 4) is 22.3 Å². The molecule has 0 spiro atoms. The van der Waals surface area contributed by atoms with Gasteiger partial charge >= 0.3 is 56.6 Å². The van der Waals surface area contributed by atoms with Crippen LogP contribution in [0.25, 0.3) is 22.3 Å². The van der Waals surface area contributed by atoms with Gasteiger partial charge in [-0.05, 0) is 63.7 Å². The van der Waals surface area contributed by atoms with E-state index in [-0.39, 0.29) is 78.1 Å². The molecule has 33 heavy (non-hydrogen) atoms. The van der Waals surface area contributed by atoms with Gasteiger partial charge in [-0.1, -0.05) is 36.4 Å². The first-order valence-electron chi connectivity index (χ1n) is 7.83. The van der Waals surface area contributed by atoms with Gasteiger partial charge in [0.15, 0.2) is 0 Å². The van der Waals surface area contributed by atoms with Crippen LogP contribution in [0.2, 0.25) is 0 Å². The van der Waals surface area contributed by atoms with E-state index in [1.54, 1.807) is 0 Å². The monoisotopic (exact) mass is 489 g/mol. The fraction of sp³-hybridized carbons (Fsp3) is 0. The zero-order valence-electron chi connectivity index (χ0n) is 17.8. The quantitative estimate of drug-likeness (QED) is 0.191. The Balaban J connectivity index is 0. The molecule has 0 aromatic heterocycles. The molecule has 0 heterocycles. The molecule has 0 saturated carbocycles. The molecule has 0 saturated heterocycles. The molecule has 1 unspecified atom stereocenters. The molecule has 0 amide bonds. The first-order chi connectivity index (χ1) is 13.5. The van der Waals surface area contributed by atoms with Crippen LogP contribution in [-0.2, 0) is 31.3 Å². The van der Waals surface area contributed by atoms with Gasteiger partial charge in [0.25, 0.3) is 0 Å². The number of benzene rings is 3. The van der Waals surface area contributed by atoms with Crippen LogP contribution in [-0.4, -0.2) is 40.2 Å². The number of rotatable bonds is 5. The average molecular weight is 489 g/mol. The Labute approximate surface area is 230 Å². The van der Waals surface area contributed by atoms with E-state index in [1.807, 2.05) is 0 Å². The third-order valence-electron chi connectivity index (χ3n) is 4.09. The topological polar surface area (TPSA) is 185 Å². The molecule has 1 N–H and O–H groups in total. The minimum atomic E-state index is -4.90. The van der Waals surface area contributed by atoms with Crippen molar-refractivity contribution in [3.05, 3.63) is 66.7 Å². The summed E-state index contributed by atoms with van der Waals surface area (Å²) >= 11 is -2.41. The summed E-state index contributed by atoms with van der Waals surface area (Å²) < 4.78 is 90.4. The Kier molecular flexibility index (Phi) is 14.1. The van der Waals surface area contributed by atoms with E-state index in [9.17, 15) is 34.7 Å². The van der Waals surface area contributed by atoms with Crippen LogP contribution >= 0.6 is 0 Å². The molecular formula is C18H12Li3O9S3-. The van der Waals surface area contributed by atoms with E-state index >= 15 is 0 Å². The fourth-order valence-electron chi connectivity index (χ4n) is 2.71. The molecule has 0 fully saturated rings. The van der Waals surface area contributed by atoms with Crippen molar-refractivity contribution in [1.29, 1.82) is 0 Å². The average Bonchev–Trinajstić information content (AvgIpc) is 2.66. The molecule has 0 aliphatic rings. The predicted molar refractivity (Wildman–Crippen MR) is 102 cm³/mol. The molecule has 3 aromatic carbocycles. The first-order valence-corrected chi connectivity index (χ1v) is 11.7. The van der Waals surface area contributed by atoms with Gasteiger partial charge in [-0.25, -0.2) is 16.8 Å². The molecule has 0 bridgehead atoms. The van der Waals surface area contributed by atoms with E-state index in [4.69, 9.17) is 0 Å². The molecule has 15 heteroatoms. The Morgan fingerprint density at radius 2 is 1.09 bits per heavy atom. The van der Waals surface area contributed by atoms with Crippen LogP contribution in [0.3, 0.4) is 0 Å². The van der Waals surface area contributed by atoms with Crippen LogP contribution in [0.1, 0.15) is 0 Å². The second-order valence-corrected chi connectivity index (χ2v) is 9.57. The summed E-state index contributed by atoms with van der Waals surface area (Å²) in [6.07, 6.45) is 0. The smallest absolute Gasteiger partial charge is 0.870 e. The molecule has 160 valence electrons. The van der Waals surface area contributed by atoms with E-state index in [1.165, 1.54) is 48.5 Å². The maximum absolute atomic E-state index is 11.8. The summed E-state index contributed by atoms with van der Waals surface area (Å²) in [4.78, 5) is -0.972. The van der Waals surface area contributed by atoms with Gasteiger partial charge in [0.2, 0.25) is 0 Å². The van der Waals surface area contributed by atoms with E-state index < -0.39 is 41.1 Å². The summed E-state index contributed by atoms with van der Waals surface area (Å²) in [5.41, 5.74) is 1.12. The van der Waals surface area contributed by atoms with Gasteiger partial charge in [-0.3, -0.25) is 4.21 Å². The maximum Gasteiger partial charge on any atom is 1.00 e. The molecule has 1 atom stereocenters. The third-order valence-corrected chi connectivity index (χ3v) is 6.47. The van der Waals surface area contributed by atoms with Crippen molar-refractivity contribution in [2.45, 2.75) is 14.7 Å². The zero-order chi connectivity index (χ0) is 21.4. The zero-order valence-corrected chi connectivity index (χ0v) is 20.2. The van der Waals surface area contributed by atoms with Crippen LogP contribution in [0, 0.1) is 0 Å². The minimum Gasteiger partial charge on any atom is -0.870 e. The summed E-state index contributed by atoms with van der Waals surface area (Å²) in [5, 5.41) is 0. The van der Waals surface area contributed by atoms with Gasteiger partial charge in [-0.2, -0.15) is 0 Å². The van der Waals surface area contributed by atoms with Crippen molar-refractivity contribution >= 4 is 31.3 Å². The Morgan fingerprint density at radius 1 is 0.636 bits per heavy atom. The van der Waals surface area contributed by atoms with Crippen molar-refractivity contribution < 1.29 is 96.8 Å². The SMILES string of the molecule is O=S([O-])c1ccc(-c2ccc(-c3ccc(S(=O)(=O)[O-])cc3)c(S(=O)(=O)[O-])c2)cc1.[Li+].[Li+].[Li+].[OH-]. The number of hydrogen-bond donors (Lipinski definition) is 0. The van der Waals surface area contributed by atoms with Crippen molar-refractivity contribution in [3.63, 3.8) is 0 Å². The first kappa shape index (κ1) is 34.5. The molecule has 3 rings (SSSR count). The maximum atomic E-state index is 11.8. The largest absolute Gasteiger partial charge is 1.00 e. The summed E-state index contributed by atoms with van der Waals surface area (Å²) in [5.74, 6) is 0. The van der Waals surface area contributed by atoms with Gasteiger partial charge in [-0.15, -0.1) is 0 Å². The molecule has 0 aliphatic heterocycles. The minimum absolute atomic E-state index is 0. The second-order valence-electron chi connectivity index (χ2n) is 5.90. The molecule has 9 nitrogen and oxygen atoms in total. The van der Waals surface area contributed by atoms with Gasteiger partial charge in [0, 0.05) is 4.90 Å². The van der Waals surface area contributed by atoms with Crippen molar-refractivity contribution in [1.82, 2.24) is 0 Å². The van der Waals surface area contributed by atoms with Gasteiger partial charge in [0.05, 0.1) is 9.79 Å². The van der Waals surface area contributed by atoms with Crippen molar-refractivity contribution in [2.24, 2.45) is 0 Å². The van der Waals surface area contributed by atoms with E-state index in [2.05, 4.69) is 0 Å². The molecule has 0 aliphatic carbocycles. The summed E-state index contributed by atoms with van der Waals surface area (Å²) in [6.45, 7) is 0. The number of hydrogen-bond acceptors (Lipinski definition) is 9. The Bertz CT molecular complexity index is 1310. The standard InChI is InChI=1S/C18H14O8S3.3Li.H2O/c19-27(20)15-6-1-12(2-7-15)14-5-10-17(18(11-14)29(24,25)26)13-3-8-16(9-4-13)28(21,22)23;;;;/h1-11H,(H,19,20)(H,21,22,23)(H,24,25,26);;;;1H2/q;3*+1;/p-4.